The van der Waals surface area contributed by atoms with Crippen LogP contribution < -0.4 is 14.8 Å². The molecule has 1 aromatic heterocycles. The molecule has 0 saturated heterocycles. The number of nitrogens with zero attached hydrogens (tertiary/aromatic N) is 2. The Morgan fingerprint density at radius 3 is 2.45 bits per heavy atom. The molecule has 0 aliphatic rings. The smallest absolute Gasteiger partial charge is 0.451 e. The summed E-state index contributed by atoms with van der Waals surface area (Å²) in [6.45, 7) is 0. The van der Waals surface area contributed by atoms with Crippen molar-refractivity contribution in [3.05, 3.63) is 29.6 Å². The first kappa shape index (κ1) is 15.6. The van der Waals surface area contributed by atoms with Gasteiger partial charge in [-0.05, 0) is 18.2 Å². The van der Waals surface area contributed by atoms with Gasteiger partial charge in [0, 0.05) is 5.56 Å². The second kappa shape index (κ2) is 5.92. The molecule has 0 bridgehead atoms. The van der Waals surface area contributed by atoms with E-state index in [4.69, 9.17) is 9.47 Å². The van der Waals surface area contributed by atoms with Crippen LogP contribution in [-0.4, -0.2) is 35.3 Å². The van der Waals surface area contributed by atoms with E-state index in [-0.39, 0.29) is 5.56 Å². The van der Waals surface area contributed by atoms with Gasteiger partial charge in [0.1, 0.15) is 0 Å². The summed E-state index contributed by atoms with van der Waals surface area (Å²) in [5, 5.41) is 7.13. The van der Waals surface area contributed by atoms with Crippen molar-refractivity contribution in [1.29, 1.82) is 0 Å². The average molecular weight is 316 g/mol. The van der Waals surface area contributed by atoms with Crippen molar-refractivity contribution in [3.8, 4) is 11.5 Å². The Morgan fingerprint density at radius 1 is 1.23 bits per heavy atom. The molecule has 2 rings (SSSR count). The highest BCUT2D eigenvalue weighted by molar-refractivity contribution is 6.03. The Labute approximate surface area is 122 Å². The lowest BCUT2D eigenvalue weighted by molar-refractivity contribution is -0.144. The Hall–Kier alpha value is -2.78. The van der Waals surface area contributed by atoms with Crippen molar-refractivity contribution in [2.45, 2.75) is 6.18 Å². The van der Waals surface area contributed by atoms with E-state index < -0.39 is 23.9 Å². The SMILES string of the molecule is COc1ccc(C(=O)Nc2n[nH]c(C(F)(F)F)n2)cc1OC. The molecule has 0 fully saturated rings. The van der Waals surface area contributed by atoms with Gasteiger partial charge in [0.25, 0.3) is 5.91 Å². The summed E-state index contributed by atoms with van der Waals surface area (Å²) in [7, 11) is 2.83. The maximum absolute atomic E-state index is 12.4. The number of alkyl halides is 3. The van der Waals surface area contributed by atoms with Gasteiger partial charge < -0.3 is 9.47 Å². The number of H-pyrrole nitrogens is 1. The Bertz CT molecular complexity index is 684. The molecule has 22 heavy (non-hydrogen) atoms. The average Bonchev–Trinajstić information content (AvgIpc) is 2.95. The lowest BCUT2D eigenvalue weighted by Crippen LogP contribution is -2.13. The van der Waals surface area contributed by atoms with Crippen LogP contribution in [0.3, 0.4) is 0 Å². The zero-order chi connectivity index (χ0) is 16.3. The van der Waals surface area contributed by atoms with E-state index >= 15 is 0 Å². The van der Waals surface area contributed by atoms with Crippen LogP contribution >= 0.6 is 0 Å². The number of aromatic amines is 1. The first-order chi connectivity index (χ1) is 10.3. The minimum Gasteiger partial charge on any atom is -0.493 e. The number of methoxy groups -OCH3 is 2. The number of hydrogen-bond acceptors (Lipinski definition) is 5. The van der Waals surface area contributed by atoms with Crippen LogP contribution in [0.15, 0.2) is 18.2 Å². The van der Waals surface area contributed by atoms with E-state index in [0.29, 0.717) is 11.5 Å². The Kier molecular flexibility index (Phi) is 4.20. The van der Waals surface area contributed by atoms with Crippen LogP contribution in [0.25, 0.3) is 0 Å². The van der Waals surface area contributed by atoms with E-state index in [1.165, 1.54) is 32.4 Å². The van der Waals surface area contributed by atoms with E-state index in [9.17, 15) is 18.0 Å². The van der Waals surface area contributed by atoms with Crippen molar-refractivity contribution in [1.82, 2.24) is 15.2 Å². The molecule has 1 aromatic carbocycles. The highest BCUT2D eigenvalue weighted by Crippen LogP contribution is 2.28. The van der Waals surface area contributed by atoms with Gasteiger partial charge in [-0.1, -0.05) is 0 Å². The van der Waals surface area contributed by atoms with Gasteiger partial charge in [0.2, 0.25) is 11.8 Å². The van der Waals surface area contributed by atoms with Crippen LogP contribution in [-0.2, 0) is 6.18 Å². The molecule has 0 saturated carbocycles. The Balaban J connectivity index is 2.17. The van der Waals surface area contributed by atoms with E-state index in [1.54, 1.807) is 5.10 Å². The number of hydrogen-bond donors (Lipinski definition) is 2. The number of halogens is 3. The quantitative estimate of drug-likeness (QED) is 0.901. The van der Waals surface area contributed by atoms with Crippen LogP contribution in [0.4, 0.5) is 19.1 Å². The maximum Gasteiger partial charge on any atom is 0.451 e. The zero-order valence-corrected chi connectivity index (χ0v) is 11.5. The topological polar surface area (TPSA) is 89.1 Å². The fraction of sp³-hybridized carbons (Fsp3) is 0.250. The fourth-order valence-corrected chi connectivity index (χ4v) is 1.60. The molecule has 1 heterocycles. The summed E-state index contributed by atoms with van der Waals surface area (Å²) in [4.78, 5) is 15.1. The van der Waals surface area contributed by atoms with Crippen molar-refractivity contribution in [2.24, 2.45) is 0 Å². The molecular weight excluding hydrogens is 305 g/mol. The van der Waals surface area contributed by atoms with E-state index in [2.05, 4.69) is 15.4 Å². The molecule has 0 aliphatic heterocycles. The summed E-state index contributed by atoms with van der Waals surface area (Å²) in [6, 6.07) is 4.30. The van der Waals surface area contributed by atoms with Crippen molar-refractivity contribution >= 4 is 11.9 Å². The van der Waals surface area contributed by atoms with Crippen molar-refractivity contribution in [3.63, 3.8) is 0 Å². The first-order valence-corrected chi connectivity index (χ1v) is 5.88. The van der Waals surface area contributed by atoms with Crippen LogP contribution in [0.1, 0.15) is 16.2 Å². The number of carbonyl (C=O) groups excluding carboxylic acids is 1. The minimum atomic E-state index is -4.67. The number of amides is 1. The molecule has 2 aromatic rings. The number of carbonyl (C=O) groups is 1. The van der Waals surface area contributed by atoms with Crippen molar-refractivity contribution in [2.75, 3.05) is 19.5 Å². The predicted molar refractivity (Wildman–Crippen MR) is 68.9 cm³/mol. The minimum absolute atomic E-state index is 0.149. The highest BCUT2D eigenvalue weighted by atomic mass is 19.4. The number of anilines is 1. The van der Waals surface area contributed by atoms with E-state index in [1.807, 2.05) is 0 Å². The highest BCUT2D eigenvalue weighted by Gasteiger charge is 2.35. The number of nitrogens with one attached hydrogen (secondary N) is 2. The van der Waals surface area contributed by atoms with Gasteiger partial charge >= 0.3 is 6.18 Å². The van der Waals surface area contributed by atoms with Gasteiger partial charge in [-0.25, -0.2) is 0 Å². The standard InChI is InChI=1S/C12H11F3N4O3/c1-21-7-4-3-6(5-8(7)22-2)9(20)16-11-17-10(18-19-11)12(13,14)15/h3-5H,1-2H3,(H2,16,17,18,19,20). The summed E-state index contributed by atoms with van der Waals surface area (Å²) >= 11 is 0. The normalized spacial score (nSPS) is 11.1. The summed E-state index contributed by atoms with van der Waals surface area (Å²) in [6.07, 6.45) is -4.67. The first-order valence-electron chi connectivity index (χ1n) is 5.88. The molecule has 0 spiro atoms. The van der Waals surface area contributed by atoms with Crippen molar-refractivity contribution < 1.29 is 27.4 Å². The van der Waals surface area contributed by atoms with Crippen LogP contribution in [0, 0.1) is 0 Å². The Morgan fingerprint density at radius 2 is 1.91 bits per heavy atom. The molecule has 2 N–H and O–H groups in total. The second-order valence-corrected chi connectivity index (χ2v) is 4.03. The third-order valence-electron chi connectivity index (χ3n) is 2.62. The molecule has 7 nitrogen and oxygen atoms in total. The van der Waals surface area contributed by atoms with Gasteiger partial charge in [-0.2, -0.15) is 18.2 Å². The zero-order valence-electron chi connectivity index (χ0n) is 11.5. The number of aromatic nitrogens is 3. The fourth-order valence-electron chi connectivity index (χ4n) is 1.60. The second-order valence-electron chi connectivity index (χ2n) is 4.03. The van der Waals surface area contributed by atoms with E-state index in [0.717, 1.165) is 0 Å². The maximum atomic E-state index is 12.4. The van der Waals surface area contributed by atoms with Crippen LogP contribution in [0.2, 0.25) is 0 Å². The molecule has 0 radical (unpaired) electrons. The third-order valence-corrected chi connectivity index (χ3v) is 2.62. The molecule has 0 unspecified atom stereocenters. The van der Waals surface area contributed by atoms with Gasteiger partial charge in [-0.3, -0.25) is 15.2 Å². The predicted octanol–water partition coefficient (Wildman–Crippen LogP) is 2.09. The monoisotopic (exact) mass is 316 g/mol. The molecule has 10 heteroatoms. The largest absolute Gasteiger partial charge is 0.493 e. The molecular formula is C12H11F3N4O3. The van der Waals surface area contributed by atoms with Gasteiger partial charge in [0.05, 0.1) is 14.2 Å². The number of benzene rings is 1. The van der Waals surface area contributed by atoms with Crippen LogP contribution in [0.5, 0.6) is 11.5 Å². The molecule has 0 aliphatic carbocycles. The summed E-state index contributed by atoms with van der Waals surface area (Å²) in [5.41, 5.74) is 0.149. The molecule has 118 valence electrons. The third kappa shape index (κ3) is 3.27. The molecule has 1 amide bonds. The van der Waals surface area contributed by atoms with Gasteiger partial charge in [0.15, 0.2) is 11.5 Å². The molecule has 0 atom stereocenters. The number of rotatable bonds is 4. The van der Waals surface area contributed by atoms with Gasteiger partial charge in [-0.15, -0.1) is 5.10 Å². The summed E-state index contributed by atoms with van der Waals surface area (Å²) in [5.74, 6) is -1.74. The summed E-state index contributed by atoms with van der Waals surface area (Å²) < 4.78 is 47.2. The number of ether oxygens (including phenoxy) is 2. The lowest BCUT2D eigenvalue weighted by atomic mass is 10.2. The lowest BCUT2D eigenvalue weighted by Gasteiger charge is -2.08.